The van der Waals surface area contributed by atoms with Gasteiger partial charge in [0.25, 0.3) is 0 Å². The Morgan fingerprint density at radius 1 is 1.27 bits per heavy atom. The molecule has 0 saturated heterocycles. The molecule has 0 atom stereocenters. The van der Waals surface area contributed by atoms with Crippen molar-refractivity contribution in [3.63, 3.8) is 0 Å². The summed E-state index contributed by atoms with van der Waals surface area (Å²) in [5.74, 6) is 1.32. The molecule has 0 radical (unpaired) electrons. The Kier molecular flexibility index (Phi) is 3.13. The minimum atomic E-state index is 0.583. The molecule has 0 amide bonds. The summed E-state index contributed by atoms with van der Waals surface area (Å²) in [5.41, 5.74) is 2.71. The van der Waals surface area contributed by atoms with Crippen molar-refractivity contribution < 1.29 is 0 Å². The smallest absolute Gasteiger partial charge is 0.0658 e. The van der Waals surface area contributed by atoms with Gasteiger partial charge in [-0.05, 0) is 24.8 Å². The van der Waals surface area contributed by atoms with Gasteiger partial charge >= 0.3 is 0 Å². The lowest BCUT2D eigenvalue weighted by Crippen LogP contribution is -2.05. The van der Waals surface area contributed by atoms with Gasteiger partial charge in [0, 0.05) is 18.7 Å². The van der Waals surface area contributed by atoms with Crippen LogP contribution in [-0.4, -0.2) is 9.78 Å². The summed E-state index contributed by atoms with van der Waals surface area (Å²) >= 11 is 0. The zero-order valence-electron chi connectivity index (χ0n) is 10.2. The van der Waals surface area contributed by atoms with Crippen LogP contribution in [0.5, 0.6) is 0 Å². The highest BCUT2D eigenvalue weighted by atomic mass is 15.3. The lowest BCUT2D eigenvalue weighted by atomic mass is 9.87. The Hall–Kier alpha value is -0.790. The normalized spacial score (nSPS) is 18.7. The average molecular weight is 206 g/mol. The van der Waals surface area contributed by atoms with E-state index in [1.165, 1.54) is 43.5 Å². The van der Waals surface area contributed by atoms with E-state index in [0.29, 0.717) is 5.92 Å². The molecule has 0 N–H and O–H groups in total. The molecule has 0 aliphatic heterocycles. The molecular formula is C13H22N2. The van der Waals surface area contributed by atoms with E-state index in [2.05, 4.69) is 36.7 Å². The van der Waals surface area contributed by atoms with Crippen LogP contribution in [0.4, 0.5) is 0 Å². The predicted octanol–water partition coefficient (Wildman–Crippen LogP) is 3.59. The van der Waals surface area contributed by atoms with Crippen LogP contribution in [0.25, 0.3) is 0 Å². The molecule has 0 spiro atoms. The van der Waals surface area contributed by atoms with Crippen LogP contribution in [0.2, 0.25) is 0 Å². The summed E-state index contributed by atoms with van der Waals surface area (Å²) in [4.78, 5) is 0. The van der Waals surface area contributed by atoms with E-state index in [4.69, 9.17) is 0 Å². The monoisotopic (exact) mass is 206 g/mol. The van der Waals surface area contributed by atoms with Gasteiger partial charge in [0.15, 0.2) is 0 Å². The first kappa shape index (κ1) is 10.7. The van der Waals surface area contributed by atoms with Crippen molar-refractivity contribution in [3.8, 4) is 0 Å². The van der Waals surface area contributed by atoms with Crippen molar-refractivity contribution >= 4 is 0 Å². The van der Waals surface area contributed by atoms with Crippen LogP contribution >= 0.6 is 0 Å². The molecule has 0 bridgehead atoms. The number of hydrogen-bond donors (Lipinski definition) is 0. The van der Waals surface area contributed by atoms with Gasteiger partial charge in [0.05, 0.1) is 5.69 Å². The molecule has 1 aromatic heterocycles. The summed E-state index contributed by atoms with van der Waals surface area (Å²) < 4.78 is 2.06. The van der Waals surface area contributed by atoms with Crippen LogP contribution in [0.15, 0.2) is 6.07 Å². The van der Waals surface area contributed by atoms with E-state index in [9.17, 15) is 0 Å². The summed E-state index contributed by atoms with van der Waals surface area (Å²) in [6, 6.07) is 2.32. The summed E-state index contributed by atoms with van der Waals surface area (Å²) in [5, 5.41) is 4.67. The number of nitrogens with zero attached hydrogens (tertiary/aromatic N) is 2. The topological polar surface area (TPSA) is 17.8 Å². The lowest BCUT2D eigenvalue weighted by Gasteiger charge is -2.19. The standard InChI is InChI=1S/C13H22N2/c1-10(2)13-9-12(14-15(13)3)11-7-5-4-6-8-11/h9-11H,4-8H2,1-3H3. The SMILES string of the molecule is CC(C)c1cc(C2CCCCC2)nn1C. The minimum absolute atomic E-state index is 0.583. The first-order valence-electron chi connectivity index (χ1n) is 6.22. The second-order valence-corrected chi connectivity index (χ2v) is 5.11. The van der Waals surface area contributed by atoms with Crippen molar-refractivity contribution in [2.75, 3.05) is 0 Å². The Morgan fingerprint density at radius 3 is 2.47 bits per heavy atom. The van der Waals surface area contributed by atoms with Crippen molar-refractivity contribution in [3.05, 3.63) is 17.5 Å². The first-order valence-corrected chi connectivity index (χ1v) is 6.22. The maximum absolute atomic E-state index is 4.67. The van der Waals surface area contributed by atoms with Crippen LogP contribution < -0.4 is 0 Å². The van der Waals surface area contributed by atoms with Crippen LogP contribution in [-0.2, 0) is 7.05 Å². The highest BCUT2D eigenvalue weighted by Crippen LogP contribution is 2.32. The fourth-order valence-corrected chi connectivity index (χ4v) is 2.64. The van der Waals surface area contributed by atoms with E-state index < -0.39 is 0 Å². The van der Waals surface area contributed by atoms with Crippen LogP contribution in [0.1, 0.15) is 69.2 Å². The zero-order chi connectivity index (χ0) is 10.8. The average Bonchev–Trinajstić information content (AvgIpc) is 2.62. The van der Waals surface area contributed by atoms with E-state index in [1.54, 1.807) is 0 Å². The molecule has 84 valence electrons. The third kappa shape index (κ3) is 2.24. The quantitative estimate of drug-likeness (QED) is 0.723. The van der Waals surface area contributed by atoms with Gasteiger partial charge in [0.2, 0.25) is 0 Å². The Labute approximate surface area is 92.7 Å². The highest BCUT2D eigenvalue weighted by molar-refractivity contribution is 5.17. The van der Waals surface area contributed by atoms with Gasteiger partial charge in [-0.3, -0.25) is 4.68 Å². The Balaban J connectivity index is 2.17. The molecular weight excluding hydrogens is 184 g/mol. The van der Waals surface area contributed by atoms with Gasteiger partial charge in [-0.2, -0.15) is 5.10 Å². The van der Waals surface area contributed by atoms with Gasteiger partial charge in [-0.15, -0.1) is 0 Å². The molecule has 2 heteroatoms. The van der Waals surface area contributed by atoms with Crippen molar-refractivity contribution in [2.45, 2.75) is 57.8 Å². The lowest BCUT2D eigenvalue weighted by molar-refractivity contribution is 0.433. The molecule has 15 heavy (non-hydrogen) atoms. The molecule has 2 nitrogen and oxygen atoms in total. The number of hydrogen-bond acceptors (Lipinski definition) is 1. The van der Waals surface area contributed by atoms with Crippen molar-refractivity contribution in [2.24, 2.45) is 7.05 Å². The highest BCUT2D eigenvalue weighted by Gasteiger charge is 2.19. The molecule has 2 rings (SSSR count). The number of rotatable bonds is 2. The second kappa shape index (κ2) is 4.38. The fraction of sp³-hybridized carbons (Fsp3) is 0.769. The third-order valence-electron chi connectivity index (χ3n) is 3.55. The first-order chi connectivity index (χ1) is 7.18. The largest absolute Gasteiger partial charge is 0.272 e. The van der Waals surface area contributed by atoms with E-state index in [0.717, 1.165) is 5.92 Å². The van der Waals surface area contributed by atoms with Gasteiger partial charge in [-0.25, -0.2) is 0 Å². The molecule has 1 saturated carbocycles. The Bertz CT molecular complexity index is 319. The van der Waals surface area contributed by atoms with Crippen molar-refractivity contribution in [1.82, 2.24) is 9.78 Å². The number of aryl methyl sites for hydroxylation is 1. The van der Waals surface area contributed by atoms with Gasteiger partial charge in [0.1, 0.15) is 0 Å². The maximum Gasteiger partial charge on any atom is 0.0658 e. The molecule has 0 aromatic carbocycles. The molecule has 0 unspecified atom stereocenters. The molecule has 1 aromatic rings. The predicted molar refractivity (Wildman–Crippen MR) is 63.1 cm³/mol. The van der Waals surface area contributed by atoms with Gasteiger partial charge in [-0.1, -0.05) is 33.1 Å². The molecule has 1 aliphatic rings. The van der Waals surface area contributed by atoms with Crippen molar-refractivity contribution in [1.29, 1.82) is 0 Å². The minimum Gasteiger partial charge on any atom is -0.272 e. The molecule has 1 fully saturated rings. The van der Waals surface area contributed by atoms with Crippen LogP contribution in [0.3, 0.4) is 0 Å². The zero-order valence-corrected chi connectivity index (χ0v) is 10.2. The maximum atomic E-state index is 4.67. The number of aromatic nitrogens is 2. The molecule has 1 aliphatic carbocycles. The summed E-state index contributed by atoms with van der Waals surface area (Å²) in [7, 11) is 2.07. The molecule has 1 heterocycles. The Morgan fingerprint density at radius 2 is 1.93 bits per heavy atom. The van der Waals surface area contributed by atoms with E-state index in [-0.39, 0.29) is 0 Å². The van der Waals surface area contributed by atoms with E-state index >= 15 is 0 Å². The fourth-order valence-electron chi connectivity index (χ4n) is 2.64. The van der Waals surface area contributed by atoms with Gasteiger partial charge < -0.3 is 0 Å². The second-order valence-electron chi connectivity index (χ2n) is 5.11. The third-order valence-corrected chi connectivity index (χ3v) is 3.55. The summed E-state index contributed by atoms with van der Waals surface area (Å²) in [6.45, 7) is 4.48. The van der Waals surface area contributed by atoms with E-state index in [1.807, 2.05) is 0 Å². The summed E-state index contributed by atoms with van der Waals surface area (Å²) in [6.07, 6.45) is 6.87. The van der Waals surface area contributed by atoms with Crippen LogP contribution in [0, 0.1) is 0 Å².